The van der Waals surface area contributed by atoms with Gasteiger partial charge in [-0.3, -0.25) is 0 Å². The zero-order valence-corrected chi connectivity index (χ0v) is 11.1. The molecule has 0 spiro atoms. The molecule has 0 saturated carbocycles. The standard InChI is InChI=1S/C12H17BrFNO/c1-3-4-5-15-8(2)10-6-9(13)7-11(14)12(10)16/h6-8,15-16H,3-5H2,1-2H3. The SMILES string of the molecule is CCCCNC(C)c1cc(Br)cc(F)c1O. The Kier molecular flexibility index (Phi) is 5.22. The first-order valence-corrected chi connectivity index (χ1v) is 6.26. The van der Waals surface area contributed by atoms with Crippen LogP contribution in [0.3, 0.4) is 0 Å². The molecule has 0 aliphatic rings. The zero-order valence-electron chi connectivity index (χ0n) is 9.56. The Balaban J connectivity index is 2.78. The number of rotatable bonds is 5. The molecule has 0 aromatic heterocycles. The van der Waals surface area contributed by atoms with Crippen LogP contribution >= 0.6 is 15.9 Å². The number of benzene rings is 1. The monoisotopic (exact) mass is 289 g/mol. The first-order chi connectivity index (χ1) is 7.56. The van der Waals surface area contributed by atoms with Crippen molar-refractivity contribution < 1.29 is 9.50 Å². The quantitative estimate of drug-likeness (QED) is 0.810. The van der Waals surface area contributed by atoms with E-state index in [2.05, 4.69) is 28.2 Å². The molecule has 0 saturated heterocycles. The minimum atomic E-state index is -0.589. The fourth-order valence-electron chi connectivity index (χ4n) is 1.52. The average molecular weight is 290 g/mol. The topological polar surface area (TPSA) is 32.3 Å². The van der Waals surface area contributed by atoms with Gasteiger partial charge >= 0.3 is 0 Å². The molecule has 0 fully saturated rings. The summed E-state index contributed by atoms with van der Waals surface area (Å²) in [4.78, 5) is 0. The summed E-state index contributed by atoms with van der Waals surface area (Å²) >= 11 is 3.22. The smallest absolute Gasteiger partial charge is 0.166 e. The number of unbranched alkanes of at least 4 members (excludes halogenated alkanes) is 1. The van der Waals surface area contributed by atoms with Gasteiger partial charge in [-0.25, -0.2) is 4.39 Å². The summed E-state index contributed by atoms with van der Waals surface area (Å²) in [5.41, 5.74) is 0.586. The van der Waals surface area contributed by atoms with Crippen LogP contribution in [-0.4, -0.2) is 11.7 Å². The molecule has 1 unspecified atom stereocenters. The fourth-order valence-corrected chi connectivity index (χ4v) is 1.97. The van der Waals surface area contributed by atoms with Crippen molar-refractivity contribution in [2.75, 3.05) is 6.54 Å². The maximum Gasteiger partial charge on any atom is 0.166 e. The van der Waals surface area contributed by atoms with Gasteiger partial charge in [0.2, 0.25) is 0 Å². The highest BCUT2D eigenvalue weighted by atomic mass is 79.9. The van der Waals surface area contributed by atoms with Crippen molar-refractivity contribution in [3.8, 4) is 5.75 Å². The van der Waals surface area contributed by atoms with E-state index < -0.39 is 5.82 Å². The first-order valence-electron chi connectivity index (χ1n) is 5.47. The van der Waals surface area contributed by atoms with Crippen molar-refractivity contribution in [1.82, 2.24) is 5.32 Å². The van der Waals surface area contributed by atoms with E-state index in [1.165, 1.54) is 6.07 Å². The van der Waals surface area contributed by atoms with Crippen molar-refractivity contribution in [3.63, 3.8) is 0 Å². The highest BCUT2D eigenvalue weighted by Crippen LogP contribution is 2.30. The van der Waals surface area contributed by atoms with Crippen LogP contribution in [0.1, 0.15) is 38.3 Å². The average Bonchev–Trinajstić information content (AvgIpc) is 2.23. The number of nitrogens with one attached hydrogen (secondary N) is 1. The summed E-state index contributed by atoms with van der Waals surface area (Å²) in [6, 6.07) is 2.94. The molecule has 2 N–H and O–H groups in total. The summed E-state index contributed by atoms with van der Waals surface area (Å²) < 4.78 is 13.9. The van der Waals surface area contributed by atoms with Gasteiger partial charge in [-0.15, -0.1) is 0 Å². The van der Waals surface area contributed by atoms with Gasteiger partial charge in [0.25, 0.3) is 0 Å². The number of phenols is 1. The molecule has 0 aliphatic carbocycles. The van der Waals surface area contributed by atoms with Crippen molar-refractivity contribution in [3.05, 3.63) is 28.0 Å². The number of hydrogen-bond donors (Lipinski definition) is 2. The highest BCUT2D eigenvalue weighted by Gasteiger charge is 2.14. The molecule has 2 nitrogen and oxygen atoms in total. The second-order valence-electron chi connectivity index (χ2n) is 3.85. The third-order valence-electron chi connectivity index (χ3n) is 2.51. The van der Waals surface area contributed by atoms with E-state index in [0.29, 0.717) is 10.0 Å². The van der Waals surface area contributed by atoms with Crippen LogP contribution in [0, 0.1) is 5.82 Å². The lowest BCUT2D eigenvalue weighted by molar-refractivity contribution is 0.414. The zero-order chi connectivity index (χ0) is 12.1. The van der Waals surface area contributed by atoms with E-state index in [9.17, 15) is 9.50 Å². The normalized spacial score (nSPS) is 12.8. The van der Waals surface area contributed by atoms with Crippen molar-refractivity contribution in [1.29, 1.82) is 0 Å². The van der Waals surface area contributed by atoms with Crippen LogP contribution in [0.2, 0.25) is 0 Å². The molecule has 90 valence electrons. The van der Waals surface area contributed by atoms with Gasteiger partial charge in [0.1, 0.15) is 0 Å². The van der Waals surface area contributed by atoms with Gasteiger partial charge in [-0.2, -0.15) is 0 Å². The Hall–Kier alpha value is -0.610. The summed E-state index contributed by atoms with van der Waals surface area (Å²) in [5, 5.41) is 12.9. The van der Waals surface area contributed by atoms with E-state index in [0.717, 1.165) is 19.4 Å². The molecule has 4 heteroatoms. The molecule has 0 bridgehead atoms. The Morgan fingerprint density at radius 2 is 2.19 bits per heavy atom. The lowest BCUT2D eigenvalue weighted by Gasteiger charge is -2.16. The predicted octanol–water partition coefficient (Wildman–Crippen LogP) is 3.74. The minimum Gasteiger partial charge on any atom is -0.505 e. The molecule has 1 aromatic rings. The van der Waals surface area contributed by atoms with Gasteiger partial charge in [-0.1, -0.05) is 29.3 Å². The predicted molar refractivity (Wildman–Crippen MR) is 67.1 cm³/mol. The van der Waals surface area contributed by atoms with Crippen LogP contribution in [0.5, 0.6) is 5.75 Å². The van der Waals surface area contributed by atoms with Gasteiger partial charge in [-0.05, 0) is 32.0 Å². The molecule has 0 heterocycles. The van der Waals surface area contributed by atoms with Gasteiger partial charge < -0.3 is 10.4 Å². The summed E-state index contributed by atoms with van der Waals surface area (Å²) in [5.74, 6) is -0.854. The lowest BCUT2D eigenvalue weighted by Crippen LogP contribution is -2.20. The van der Waals surface area contributed by atoms with E-state index in [4.69, 9.17) is 0 Å². The minimum absolute atomic E-state index is 0.0569. The third kappa shape index (κ3) is 3.46. The number of halogens is 2. The van der Waals surface area contributed by atoms with Crippen molar-refractivity contribution >= 4 is 15.9 Å². The number of hydrogen-bond acceptors (Lipinski definition) is 2. The lowest BCUT2D eigenvalue weighted by atomic mass is 10.1. The Labute approximate surface area is 104 Å². The molecule has 1 aromatic carbocycles. The number of phenolic OH excluding ortho intramolecular Hbond substituents is 1. The van der Waals surface area contributed by atoms with Crippen LogP contribution in [0.15, 0.2) is 16.6 Å². The van der Waals surface area contributed by atoms with E-state index >= 15 is 0 Å². The first kappa shape index (κ1) is 13.5. The maximum absolute atomic E-state index is 13.3. The third-order valence-corrected chi connectivity index (χ3v) is 2.96. The van der Waals surface area contributed by atoms with Crippen LogP contribution in [0.25, 0.3) is 0 Å². The molecular formula is C12H17BrFNO. The highest BCUT2D eigenvalue weighted by molar-refractivity contribution is 9.10. The molecule has 0 amide bonds. The van der Waals surface area contributed by atoms with Crippen LogP contribution in [-0.2, 0) is 0 Å². The van der Waals surface area contributed by atoms with Crippen molar-refractivity contribution in [2.45, 2.75) is 32.7 Å². The molecule has 1 atom stereocenters. The Morgan fingerprint density at radius 3 is 2.81 bits per heavy atom. The molecule has 1 rings (SSSR count). The fraction of sp³-hybridized carbons (Fsp3) is 0.500. The summed E-state index contributed by atoms with van der Waals surface area (Å²) in [6.07, 6.45) is 2.18. The van der Waals surface area contributed by atoms with Crippen molar-refractivity contribution in [2.24, 2.45) is 0 Å². The van der Waals surface area contributed by atoms with E-state index in [1.54, 1.807) is 6.07 Å². The molecule has 0 radical (unpaired) electrons. The Bertz CT molecular complexity index is 357. The second-order valence-corrected chi connectivity index (χ2v) is 4.77. The molecule has 16 heavy (non-hydrogen) atoms. The second kappa shape index (κ2) is 6.21. The summed E-state index contributed by atoms with van der Waals surface area (Å²) in [7, 11) is 0. The van der Waals surface area contributed by atoms with Gasteiger partial charge in [0, 0.05) is 16.1 Å². The van der Waals surface area contributed by atoms with E-state index in [-0.39, 0.29) is 11.8 Å². The number of aromatic hydroxyl groups is 1. The molecular weight excluding hydrogens is 273 g/mol. The van der Waals surface area contributed by atoms with E-state index in [1.807, 2.05) is 6.92 Å². The van der Waals surface area contributed by atoms with Gasteiger partial charge in [0.15, 0.2) is 11.6 Å². The maximum atomic E-state index is 13.3. The van der Waals surface area contributed by atoms with Crippen LogP contribution in [0.4, 0.5) is 4.39 Å². The van der Waals surface area contributed by atoms with Gasteiger partial charge in [0.05, 0.1) is 0 Å². The summed E-state index contributed by atoms with van der Waals surface area (Å²) in [6.45, 7) is 4.89. The largest absolute Gasteiger partial charge is 0.505 e. The van der Waals surface area contributed by atoms with Crippen LogP contribution < -0.4 is 5.32 Å². The Morgan fingerprint density at radius 1 is 1.50 bits per heavy atom. The molecule has 0 aliphatic heterocycles.